The van der Waals surface area contributed by atoms with E-state index in [1.54, 1.807) is 30.1 Å². The molecule has 0 bridgehead atoms. The number of aliphatic hydroxyl groups is 1. The SMILES string of the molecule is COc1ccc(N2CCOO2)c2nc(NC(=O)N3CCC(C)(O)CC3)[nH]c12. The molecule has 0 unspecified atom stereocenters. The fourth-order valence-corrected chi connectivity index (χ4v) is 3.28. The number of carbonyl (C=O) groups excluding carboxylic acids is 1. The van der Waals surface area contributed by atoms with Crippen LogP contribution in [0, 0.1) is 0 Å². The van der Waals surface area contributed by atoms with Crippen LogP contribution in [0.25, 0.3) is 11.0 Å². The van der Waals surface area contributed by atoms with Crippen molar-refractivity contribution >= 4 is 28.7 Å². The first-order valence-corrected chi connectivity index (χ1v) is 8.89. The van der Waals surface area contributed by atoms with E-state index in [1.165, 1.54) is 0 Å². The number of likely N-dealkylation sites (tertiary alicyclic amines) is 1. The van der Waals surface area contributed by atoms with Gasteiger partial charge in [-0.3, -0.25) is 5.32 Å². The van der Waals surface area contributed by atoms with Gasteiger partial charge in [0.05, 0.1) is 24.9 Å². The van der Waals surface area contributed by atoms with Crippen LogP contribution in [0.5, 0.6) is 5.75 Å². The van der Waals surface area contributed by atoms with Crippen molar-refractivity contribution in [2.24, 2.45) is 0 Å². The highest BCUT2D eigenvalue weighted by molar-refractivity contribution is 5.96. The van der Waals surface area contributed by atoms with E-state index in [2.05, 4.69) is 15.3 Å². The quantitative estimate of drug-likeness (QED) is 0.697. The third-order valence-electron chi connectivity index (χ3n) is 4.95. The Balaban J connectivity index is 1.57. The number of hydrogen-bond donors (Lipinski definition) is 3. The molecule has 0 atom stereocenters. The van der Waals surface area contributed by atoms with Crippen molar-refractivity contribution in [2.75, 3.05) is 43.7 Å². The Kier molecular flexibility index (Phi) is 4.54. The number of fused-ring (bicyclic) bond motifs is 1. The summed E-state index contributed by atoms with van der Waals surface area (Å²) >= 11 is 0. The van der Waals surface area contributed by atoms with Gasteiger partial charge in [0, 0.05) is 13.1 Å². The Morgan fingerprint density at radius 3 is 2.81 bits per heavy atom. The second-order valence-corrected chi connectivity index (χ2v) is 7.01. The number of rotatable bonds is 3. The van der Waals surface area contributed by atoms with E-state index in [0.29, 0.717) is 67.5 Å². The third-order valence-corrected chi connectivity index (χ3v) is 4.95. The summed E-state index contributed by atoms with van der Waals surface area (Å²) in [5.41, 5.74) is 1.27. The Bertz CT molecular complexity index is 836. The molecule has 2 fully saturated rings. The van der Waals surface area contributed by atoms with Crippen LogP contribution in [0.4, 0.5) is 16.4 Å². The molecule has 0 aliphatic carbocycles. The molecule has 3 heterocycles. The third kappa shape index (κ3) is 3.51. The lowest BCUT2D eigenvalue weighted by Crippen LogP contribution is -2.46. The number of ether oxygens (including phenoxy) is 1. The van der Waals surface area contributed by atoms with Gasteiger partial charge >= 0.3 is 6.03 Å². The smallest absolute Gasteiger partial charge is 0.324 e. The lowest BCUT2D eigenvalue weighted by molar-refractivity contribution is -0.258. The molecule has 0 saturated carbocycles. The highest BCUT2D eigenvalue weighted by Crippen LogP contribution is 2.34. The maximum atomic E-state index is 12.5. The van der Waals surface area contributed by atoms with Crippen LogP contribution in [0.3, 0.4) is 0 Å². The minimum absolute atomic E-state index is 0.258. The number of H-pyrrole nitrogens is 1. The van der Waals surface area contributed by atoms with Gasteiger partial charge in [0.2, 0.25) is 5.95 Å². The van der Waals surface area contributed by atoms with E-state index in [9.17, 15) is 9.90 Å². The number of nitrogens with zero attached hydrogens (tertiary/aromatic N) is 3. The number of aromatic amines is 1. The molecule has 10 nitrogen and oxygen atoms in total. The Morgan fingerprint density at radius 1 is 1.37 bits per heavy atom. The molecule has 1 aromatic carbocycles. The van der Waals surface area contributed by atoms with Crippen molar-refractivity contribution in [1.82, 2.24) is 14.9 Å². The number of anilines is 2. The van der Waals surface area contributed by atoms with Crippen LogP contribution >= 0.6 is 0 Å². The summed E-state index contributed by atoms with van der Waals surface area (Å²) in [6.45, 7) is 3.81. The van der Waals surface area contributed by atoms with Crippen molar-refractivity contribution in [2.45, 2.75) is 25.4 Å². The number of urea groups is 1. The second-order valence-electron chi connectivity index (χ2n) is 7.01. The number of aromatic nitrogens is 2. The zero-order valence-electron chi connectivity index (χ0n) is 15.3. The van der Waals surface area contributed by atoms with Gasteiger partial charge < -0.3 is 19.7 Å². The van der Waals surface area contributed by atoms with Gasteiger partial charge in [-0.25, -0.2) is 19.7 Å². The first kappa shape index (κ1) is 17.8. The minimum atomic E-state index is -0.712. The zero-order valence-corrected chi connectivity index (χ0v) is 15.3. The molecular formula is C17H23N5O5. The highest BCUT2D eigenvalue weighted by Gasteiger charge is 2.30. The number of carbonyl (C=O) groups is 1. The van der Waals surface area contributed by atoms with Crippen molar-refractivity contribution in [3.05, 3.63) is 12.1 Å². The molecule has 2 aliphatic heterocycles. The largest absolute Gasteiger partial charge is 0.494 e. The van der Waals surface area contributed by atoms with Crippen LogP contribution in [-0.4, -0.2) is 65.0 Å². The molecule has 4 rings (SSSR count). The number of hydroxylamine groups is 1. The molecule has 146 valence electrons. The Morgan fingerprint density at radius 2 is 2.15 bits per heavy atom. The molecular weight excluding hydrogens is 354 g/mol. The van der Waals surface area contributed by atoms with E-state index < -0.39 is 5.60 Å². The predicted molar refractivity (Wildman–Crippen MR) is 97.5 cm³/mol. The molecule has 27 heavy (non-hydrogen) atoms. The summed E-state index contributed by atoms with van der Waals surface area (Å²) in [4.78, 5) is 31.9. The summed E-state index contributed by atoms with van der Waals surface area (Å²) in [5, 5.41) is 14.4. The highest BCUT2D eigenvalue weighted by atomic mass is 17.3. The van der Waals surface area contributed by atoms with Gasteiger partial charge in [-0.2, -0.15) is 0 Å². The van der Waals surface area contributed by atoms with E-state index in [4.69, 9.17) is 14.6 Å². The van der Waals surface area contributed by atoms with E-state index >= 15 is 0 Å². The average molecular weight is 377 g/mol. The molecule has 0 radical (unpaired) electrons. The first-order valence-electron chi connectivity index (χ1n) is 8.89. The summed E-state index contributed by atoms with van der Waals surface area (Å²) in [6, 6.07) is 3.37. The van der Waals surface area contributed by atoms with E-state index in [1.807, 2.05) is 6.07 Å². The van der Waals surface area contributed by atoms with Crippen LogP contribution in [0.1, 0.15) is 19.8 Å². The normalized spacial score (nSPS) is 19.5. The summed E-state index contributed by atoms with van der Waals surface area (Å²) in [6.07, 6.45) is 1.09. The first-order chi connectivity index (χ1) is 13.0. The Labute approximate surface area is 155 Å². The lowest BCUT2D eigenvalue weighted by Gasteiger charge is -2.35. The molecule has 2 saturated heterocycles. The van der Waals surface area contributed by atoms with Crippen LogP contribution in [0.2, 0.25) is 0 Å². The van der Waals surface area contributed by atoms with Crippen molar-refractivity contribution in [3.63, 3.8) is 0 Å². The fourth-order valence-electron chi connectivity index (χ4n) is 3.28. The van der Waals surface area contributed by atoms with Crippen molar-refractivity contribution < 1.29 is 24.5 Å². The van der Waals surface area contributed by atoms with Crippen molar-refractivity contribution in [3.8, 4) is 5.75 Å². The molecule has 0 spiro atoms. The van der Waals surface area contributed by atoms with Crippen molar-refractivity contribution in [1.29, 1.82) is 0 Å². The van der Waals surface area contributed by atoms with Crippen LogP contribution in [-0.2, 0) is 9.88 Å². The van der Waals surface area contributed by atoms with Gasteiger partial charge in [0.1, 0.15) is 23.4 Å². The molecule has 2 amide bonds. The topological polar surface area (TPSA) is 112 Å². The molecule has 2 aromatic rings. The average Bonchev–Trinajstić information content (AvgIpc) is 3.30. The fraction of sp³-hybridized carbons (Fsp3) is 0.529. The number of nitrogens with one attached hydrogen (secondary N) is 2. The number of imidazole rings is 1. The molecule has 3 N–H and O–H groups in total. The number of benzene rings is 1. The van der Waals surface area contributed by atoms with E-state index in [-0.39, 0.29) is 6.03 Å². The van der Waals surface area contributed by atoms with Gasteiger partial charge in [-0.1, -0.05) is 0 Å². The maximum absolute atomic E-state index is 12.5. The minimum Gasteiger partial charge on any atom is -0.494 e. The van der Waals surface area contributed by atoms with Gasteiger partial charge in [0.25, 0.3) is 0 Å². The van der Waals surface area contributed by atoms with Crippen LogP contribution in [0.15, 0.2) is 12.1 Å². The number of piperidine rings is 1. The predicted octanol–water partition coefficient (Wildman–Crippen LogP) is 1.63. The number of amides is 2. The number of hydrogen-bond acceptors (Lipinski definition) is 7. The molecule has 10 heteroatoms. The summed E-state index contributed by atoms with van der Waals surface area (Å²) in [5.74, 6) is 0.925. The second kappa shape index (κ2) is 6.87. The summed E-state index contributed by atoms with van der Waals surface area (Å²) in [7, 11) is 1.57. The van der Waals surface area contributed by atoms with Crippen LogP contribution < -0.4 is 15.1 Å². The maximum Gasteiger partial charge on any atom is 0.324 e. The zero-order chi connectivity index (χ0) is 19.0. The number of methoxy groups -OCH3 is 1. The molecule has 2 aliphatic rings. The van der Waals surface area contributed by atoms with Gasteiger partial charge in [-0.05, 0) is 31.9 Å². The van der Waals surface area contributed by atoms with Gasteiger partial charge in [-0.15, -0.1) is 4.99 Å². The lowest BCUT2D eigenvalue weighted by atomic mass is 9.94. The van der Waals surface area contributed by atoms with E-state index in [0.717, 1.165) is 0 Å². The van der Waals surface area contributed by atoms with Gasteiger partial charge in [0.15, 0.2) is 0 Å². The summed E-state index contributed by atoms with van der Waals surface area (Å²) < 4.78 is 5.39. The standard InChI is InChI=1S/C17H23N5O5/c1-17(24)5-7-21(8-6-17)16(23)20-15-18-13-11(22-9-10-26-27-22)3-4-12(25-2)14(13)19-15/h3-4,24H,5-10H2,1-2H3,(H2,18,19,20,23). The monoisotopic (exact) mass is 377 g/mol. The Hall–Kier alpha value is -2.56. The molecule has 1 aromatic heterocycles.